The summed E-state index contributed by atoms with van der Waals surface area (Å²) in [4.78, 5) is 4.01. The predicted octanol–water partition coefficient (Wildman–Crippen LogP) is 2.08. The maximum absolute atomic E-state index is 12.5. The van der Waals surface area contributed by atoms with E-state index in [4.69, 9.17) is 0 Å². The molecule has 0 bridgehead atoms. The highest BCUT2D eigenvalue weighted by Gasteiger charge is 2.29. The maximum Gasteiger partial charge on any atom is 0.416 e. The van der Waals surface area contributed by atoms with Gasteiger partial charge in [-0.1, -0.05) is 26.0 Å². The molecule has 1 rings (SSSR count). The van der Waals surface area contributed by atoms with Crippen LogP contribution >= 0.6 is 0 Å². The number of hydrogen-bond donors (Lipinski definition) is 2. The van der Waals surface area contributed by atoms with Crippen molar-refractivity contribution in [3.8, 4) is 0 Å². The minimum absolute atomic E-state index is 0.0473. The third kappa shape index (κ3) is 7.76. The standard InChI is InChI=1S/C17H27F3N4O2S/c1-4-24(5-2)27(25,26)13-12-23-16(21-3)22-11-10-14-6-8-15(9-7-14)17(18,19)20/h6-9H,4-5,10-13H2,1-3H3,(H2,21,22,23). The molecule has 0 amide bonds. The van der Waals surface area contributed by atoms with Crippen molar-refractivity contribution in [1.82, 2.24) is 14.9 Å². The second-order valence-corrected chi connectivity index (χ2v) is 7.86. The largest absolute Gasteiger partial charge is 0.416 e. The number of nitrogens with one attached hydrogen (secondary N) is 2. The van der Waals surface area contributed by atoms with E-state index in [2.05, 4.69) is 15.6 Å². The number of hydrogen-bond acceptors (Lipinski definition) is 3. The topological polar surface area (TPSA) is 73.8 Å². The first-order valence-corrected chi connectivity index (χ1v) is 10.3. The smallest absolute Gasteiger partial charge is 0.356 e. The number of aliphatic imine (C=N–C) groups is 1. The van der Waals surface area contributed by atoms with Crippen LogP contribution in [0.3, 0.4) is 0 Å². The van der Waals surface area contributed by atoms with Crippen molar-refractivity contribution >= 4 is 16.0 Å². The number of rotatable bonds is 9. The summed E-state index contributed by atoms with van der Waals surface area (Å²) in [6.45, 7) is 5.09. The summed E-state index contributed by atoms with van der Waals surface area (Å²) in [6.07, 6.45) is -3.83. The summed E-state index contributed by atoms with van der Waals surface area (Å²) >= 11 is 0. The van der Waals surface area contributed by atoms with E-state index in [0.717, 1.165) is 17.7 Å². The molecule has 0 aromatic heterocycles. The molecule has 2 N–H and O–H groups in total. The quantitative estimate of drug-likeness (QED) is 0.485. The summed E-state index contributed by atoms with van der Waals surface area (Å²) < 4.78 is 63.2. The van der Waals surface area contributed by atoms with Gasteiger partial charge in [0.2, 0.25) is 10.0 Å². The van der Waals surface area contributed by atoms with Crippen molar-refractivity contribution < 1.29 is 21.6 Å². The van der Waals surface area contributed by atoms with E-state index in [1.54, 1.807) is 20.9 Å². The molecule has 0 fully saturated rings. The van der Waals surface area contributed by atoms with E-state index in [-0.39, 0.29) is 12.3 Å². The summed E-state index contributed by atoms with van der Waals surface area (Å²) in [5, 5.41) is 5.94. The molecule has 27 heavy (non-hydrogen) atoms. The number of alkyl halides is 3. The van der Waals surface area contributed by atoms with Gasteiger partial charge in [0, 0.05) is 33.2 Å². The van der Waals surface area contributed by atoms with Crippen LogP contribution in [0.15, 0.2) is 29.3 Å². The molecule has 0 saturated heterocycles. The Bertz CT molecular complexity index is 700. The Balaban J connectivity index is 2.43. The van der Waals surface area contributed by atoms with E-state index in [0.29, 0.717) is 32.0 Å². The van der Waals surface area contributed by atoms with Crippen LogP contribution < -0.4 is 10.6 Å². The number of guanidine groups is 1. The predicted molar refractivity (Wildman–Crippen MR) is 101 cm³/mol. The van der Waals surface area contributed by atoms with E-state index in [1.165, 1.54) is 16.4 Å². The number of nitrogens with zero attached hydrogens (tertiary/aromatic N) is 2. The molecule has 1 aromatic rings. The molecule has 0 atom stereocenters. The van der Waals surface area contributed by atoms with Gasteiger partial charge in [0.05, 0.1) is 11.3 Å². The third-order valence-corrected chi connectivity index (χ3v) is 5.99. The first-order chi connectivity index (χ1) is 12.6. The average molecular weight is 408 g/mol. The van der Waals surface area contributed by atoms with E-state index in [1.807, 2.05) is 0 Å². The maximum atomic E-state index is 12.5. The Labute approximate surface area is 158 Å². The van der Waals surface area contributed by atoms with Gasteiger partial charge in [0.1, 0.15) is 0 Å². The molecule has 0 unspecified atom stereocenters. The third-order valence-electron chi connectivity index (χ3n) is 3.96. The Morgan fingerprint density at radius 2 is 1.63 bits per heavy atom. The monoisotopic (exact) mass is 408 g/mol. The Kier molecular flexibility index (Phi) is 9.04. The minimum Gasteiger partial charge on any atom is -0.356 e. The first kappa shape index (κ1) is 23.2. The second kappa shape index (κ2) is 10.5. The lowest BCUT2D eigenvalue weighted by molar-refractivity contribution is -0.137. The highest BCUT2D eigenvalue weighted by molar-refractivity contribution is 7.89. The van der Waals surface area contributed by atoms with Gasteiger partial charge in [-0.25, -0.2) is 12.7 Å². The molecule has 0 heterocycles. The van der Waals surface area contributed by atoms with Gasteiger partial charge < -0.3 is 10.6 Å². The van der Waals surface area contributed by atoms with Crippen molar-refractivity contribution in [2.75, 3.05) is 39.0 Å². The second-order valence-electron chi connectivity index (χ2n) is 5.77. The highest BCUT2D eigenvalue weighted by atomic mass is 32.2. The van der Waals surface area contributed by atoms with Gasteiger partial charge in [0.15, 0.2) is 5.96 Å². The molecule has 6 nitrogen and oxygen atoms in total. The lowest BCUT2D eigenvalue weighted by Gasteiger charge is -2.19. The van der Waals surface area contributed by atoms with Gasteiger partial charge in [-0.05, 0) is 24.1 Å². The average Bonchev–Trinajstić information content (AvgIpc) is 2.60. The summed E-state index contributed by atoms with van der Waals surface area (Å²) in [5.74, 6) is 0.394. The zero-order valence-corrected chi connectivity index (χ0v) is 16.6. The molecule has 0 saturated carbocycles. The van der Waals surface area contributed by atoms with E-state index >= 15 is 0 Å². The Morgan fingerprint density at radius 3 is 2.11 bits per heavy atom. The molecule has 154 valence electrons. The number of benzene rings is 1. The van der Waals surface area contributed by atoms with Crippen LogP contribution in [0.5, 0.6) is 0 Å². The van der Waals surface area contributed by atoms with Crippen LogP contribution in [0.2, 0.25) is 0 Å². The van der Waals surface area contributed by atoms with Gasteiger partial charge in [-0.3, -0.25) is 4.99 Å². The van der Waals surface area contributed by atoms with Gasteiger partial charge in [-0.2, -0.15) is 13.2 Å². The lowest BCUT2D eigenvalue weighted by Crippen LogP contribution is -2.42. The molecule has 1 aromatic carbocycles. The van der Waals surface area contributed by atoms with Gasteiger partial charge >= 0.3 is 6.18 Å². The molecule has 0 aliphatic rings. The van der Waals surface area contributed by atoms with E-state index in [9.17, 15) is 21.6 Å². The number of sulfonamides is 1. The van der Waals surface area contributed by atoms with Crippen molar-refractivity contribution in [3.05, 3.63) is 35.4 Å². The fourth-order valence-corrected chi connectivity index (χ4v) is 3.86. The summed E-state index contributed by atoms with van der Waals surface area (Å²) in [5.41, 5.74) is 0.0844. The van der Waals surface area contributed by atoms with Gasteiger partial charge in [-0.15, -0.1) is 0 Å². The van der Waals surface area contributed by atoms with Crippen molar-refractivity contribution in [1.29, 1.82) is 0 Å². The normalized spacial score (nSPS) is 13.1. The van der Waals surface area contributed by atoms with Gasteiger partial charge in [0.25, 0.3) is 0 Å². The summed E-state index contributed by atoms with van der Waals surface area (Å²) in [6, 6.07) is 5.00. The van der Waals surface area contributed by atoms with Crippen molar-refractivity contribution in [2.45, 2.75) is 26.4 Å². The molecule has 0 spiro atoms. The Morgan fingerprint density at radius 1 is 1.07 bits per heavy atom. The summed E-state index contributed by atoms with van der Waals surface area (Å²) in [7, 11) is -1.75. The fraction of sp³-hybridized carbons (Fsp3) is 0.588. The lowest BCUT2D eigenvalue weighted by atomic mass is 10.1. The molecule has 0 radical (unpaired) electrons. The van der Waals surface area contributed by atoms with Crippen LogP contribution in [-0.2, 0) is 22.6 Å². The van der Waals surface area contributed by atoms with Crippen molar-refractivity contribution in [2.24, 2.45) is 4.99 Å². The molecule has 0 aliphatic carbocycles. The molecular weight excluding hydrogens is 381 g/mol. The minimum atomic E-state index is -4.34. The SMILES string of the molecule is CCN(CC)S(=O)(=O)CCNC(=NC)NCCc1ccc(C(F)(F)F)cc1. The van der Waals surface area contributed by atoms with Crippen LogP contribution in [-0.4, -0.2) is 57.7 Å². The zero-order valence-electron chi connectivity index (χ0n) is 15.8. The van der Waals surface area contributed by atoms with Crippen LogP contribution in [0.25, 0.3) is 0 Å². The zero-order chi connectivity index (χ0) is 20.5. The van der Waals surface area contributed by atoms with Crippen LogP contribution in [0.1, 0.15) is 25.0 Å². The molecule has 10 heteroatoms. The molecule has 0 aliphatic heterocycles. The van der Waals surface area contributed by atoms with Crippen LogP contribution in [0.4, 0.5) is 13.2 Å². The van der Waals surface area contributed by atoms with Crippen LogP contribution in [0, 0.1) is 0 Å². The van der Waals surface area contributed by atoms with Crippen molar-refractivity contribution in [3.63, 3.8) is 0 Å². The fourth-order valence-electron chi connectivity index (χ4n) is 2.45. The Hall–Kier alpha value is -1.81. The molecular formula is C17H27F3N4O2S. The highest BCUT2D eigenvalue weighted by Crippen LogP contribution is 2.29. The number of halogens is 3. The van der Waals surface area contributed by atoms with E-state index < -0.39 is 21.8 Å². The first-order valence-electron chi connectivity index (χ1n) is 8.72.